The van der Waals surface area contributed by atoms with Crippen molar-refractivity contribution in [2.75, 3.05) is 11.6 Å². The lowest BCUT2D eigenvalue weighted by molar-refractivity contribution is -0.143. The zero-order valence-corrected chi connectivity index (χ0v) is 16.2. The van der Waals surface area contributed by atoms with E-state index in [-0.39, 0.29) is 22.8 Å². The number of hydrogen-bond donors (Lipinski definition) is 2. The molecular formula is C19H20FN3O3S. The van der Waals surface area contributed by atoms with E-state index in [4.69, 9.17) is 4.74 Å². The third kappa shape index (κ3) is 3.75. The quantitative estimate of drug-likeness (QED) is 0.474. The second kappa shape index (κ2) is 7.56. The van der Waals surface area contributed by atoms with Crippen molar-refractivity contribution in [1.29, 1.82) is 0 Å². The first kappa shape index (κ1) is 19.2. The molecule has 0 saturated carbocycles. The number of nitrogens with zero attached hydrogens (tertiary/aromatic N) is 1. The third-order valence-electron chi connectivity index (χ3n) is 4.16. The van der Waals surface area contributed by atoms with E-state index in [1.54, 1.807) is 39.2 Å². The Bertz CT molecular complexity index is 984. The molecule has 0 fully saturated rings. The Morgan fingerprint density at radius 1 is 1.37 bits per heavy atom. The van der Waals surface area contributed by atoms with Crippen molar-refractivity contribution in [1.82, 2.24) is 9.97 Å². The molecule has 8 heteroatoms. The normalized spacial score (nSPS) is 16.1. The number of carbonyl (C=O) groups excluding carboxylic acids is 1. The zero-order chi connectivity index (χ0) is 19.7. The lowest BCUT2D eigenvalue weighted by atomic mass is 9.82. The van der Waals surface area contributed by atoms with Crippen LogP contribution in [0.4, 0.5) is 10.2 Å². The molecule has 1 aliphatic rings. The summed E-state index contributed by atoms with van der Waals surface area (Å²) in [5.74, 6) is -1.43. The van der Waals surface area contributed by atoms with Crippen LogP contribution in [0.15, 0.2) is 45.5 Å². The Labute approximate surface area is 160 Å². The van der Waals surface area contributed by atoms with E-state index in [0.29, 0.717) is 22.2 Å². The second-order valence-electron chi connectivity index (χ2n) is 6.44. The van der Waals surface area contributed by atoms with Crippen molar-refractivity contribution in [3.63, 3.8) is 0 Å². The fourth-order valence-electron chi connectivity index (χ4n) is 3.10. The minimum Gasteiger partial charge on any atom is -0.460 e. The van der Waals surface area contributed by atoms with E-state index >= 15 is 0 Å². The van der Waals surface area contributed by atoms with E-state index in [1.165, 1.54) is 23.9 Å². The number of thioether (sulfide) groups is 1. The number of H-pyrrole nitrogens is 1. The van der Waals surface area contributed by atoms with Crippen LogP contribution >= 0.6 is 11.8 Å². The molecule has 0 saturated heterocycles. The van der Waals surface area contributed by atoms with E-state index in [1.807, 2.05) is 0 Å². The van der Waals surface area contributed by atoms with Gasteiger partial charge in [-0.1, -0.05) is 23.9 Å². The fraction of sp³-hybridized carbons (Fsp3) is 0.316. The molecule has 0 aliphatic carbocycles. The largest absolute Gasteiger partial charge is 0.460 e. The Morgan fingerprint density at radius 2 is 2.11 bits per heavy atom. The fourth-order valence-corrected chi connectivity index (χ4v) is 3.47. The molecule has 6 nitrogen and oxygen atoms in total. The van der Waals surface area contributed by atoms with Crippen LogP contribution in [-0.4, -0.2) is 28.3 Å². The van der Waals surface area contributed by atoms with Gasteiger partial charge in [-0.05, 0) is 44.7 Å². The molecule has 27 heavy (non-hydrogen) atoms. The zero-order valence-electron chi connectivity index (χ0n) is 15.4. The summed E-state index contributed by atoms with van der Waals surface area (Å²) in [6.45, 7) is 5.20. The highest BCUT2D eigenvalue weighted by atomic mass is 32.2. The molecule has 0 amide bonds. The summed E-state index contributed by atoms with van der Waals surface area (Å²) in [6.07, 6.45) is 1.47. The van der Waals surface area contributed by atoms with Crippen molar-refractivity contribution in [2.45, 2.75) is 37.9 Å². The number of nitrogens with one attached hydrogen (secondary N) is 2. The topological polar surface area (TPSA) is 84.1 Å². The number of rotatable bonds is 4. The first-order chi connectivity index (χ1) is 12.8. The lowest BCUT2D eigenvalue weighted by Crippen LogP contribution is -2.31. The summed E-state index contributed by atoms with van der Waals surface area (Å²) in [5, 5.41) is 3.48. The Balaban J connectivity index is 2.25. The van der Waals surface area contributed by atoms with Crippen LogP contribution in [0.1, 0.15) is 37.8 Å². The third-order valence-corrected chi connectivity index (χ3v) is 4.74. The van der Waals surface area contributed by atoms with Crippen LogP contribution in [0.25, 0.3) is 0 Å². The number of fused-ring (bicyclic) bond motifs is 1. The molecule has 2 N–H and O–H groups in total. The van der Waals surface area contributed by atoms with Gasteiger partial charge in [-0.15, -0.1) is 0 Å². The van der Waals surface area contributed by atoms with Gasteiger partial charge in [0.2, 0.25) is 0 Å². The number of hydrogen-bond acceptors (Lipinski definition) is 6. The van der Waals surface area contributed by atoms with Crippen molar-refractivity contribution in [3.8, 4) is 0 Å². The van der Waals surface area contributed by atoms with Crippen LogP contribution in [0.2, 0.25) is 0 Å². The summed E-state index contributed by atoms with van der Waals surface area (Å²) >= 11 is 1.30. The molecule has 142 valence electrons. The molecule has 1 aliphatic heterocycles. The molecular weight excluding hydrogens is 369 g/mol. The summed E-state index contributed by atoms with van der Waals surface area (Å²) in [4.78, 5) is 32.7. The molecule has 0 bridgehead atoms. The van der Waals surface area contributed by atoms with Gasteiger partial charge in [0.15, 0.2) is 5.16 Å². The number of carbonyl (C=O) groups is 1. The molecule has 1 atom stereocenters. The van der Waals surface area contributed by atoms with Crippen LogP contribution in [-0.2, 0) is 9.53 Å². The van der Waals surface area contributed by atoms with Crippen LogP contribution < -0.4 is 10.9 Å². The van der Waals surface area contributed by atoms with Gasteiger partial charge in [-0.2, -0.15) is 0 Å². The summed E-state index contributed by atoms with van der Waals surface area (Å²) in [7, 11) is 0. The van der Waals surface area contributed by atoms with Crippen molar-refractivity contribution in [2.24, 2.45) is 0 Å². The molecule has 0 unspecified atom stereocenters. The highest BCUT2D eigenvalue weighted by Crippen LogP contribution is 2.40. The van der Waals surface area contributed by atoms with Crippen molar-refractivity contribution in [3.05, 3.63) is 62.8 Å². The van der Waals surface area contributed by atoms with Crippen molar-refractivity contribution >= 4 is 23.5 Å². The molecule has 0 radical (unpaired) electrons. The molecule has 3 rings (SSSR count). The van der Waals surface area contributed by atoms with Gasteiger partial charge >= 0.3 is 5.97 Å². The summed E-state index contributed by atoms with van der Waals surface area (Å²) < 4.78 is 19.3. The van der Waals surface area contributed by atoms with Crippen LogP contribution in [0.5, 0.6) is 0 Å². The van der Waals surface area contributed by atoms with Gasteiger partial charge in [0.1, 0.15) is 11.6 Å². The van der Waals surface area contributed by atoms with Gasteiger partial charge in [-0.3, -0.25) is 4.79 Å². The smallest absolute Gasteiger partial charge is 0.337 e. The maximum Gasteiger partial charge on any atom is 0.337 e. The van der Waals surface area contributed by atoms with Gasteiger partial charge < -0.3 is 15.0 Å². The van der Waals surface area contributed by atoms with E-state index in [0.717, 1.165) is 0 Å². The number of halogens is 1. The standard InChI is InChI=1S/C19H20FN3O3S/c1-9(2)26-18(25)13-10(3)21-16-15(17(24)23-19(22-16)27-4)14(13)11-6-5-7-12(20)8-11/h5-9,14H,1-4H3,(H2,21,22,23,24)/t14-/m1/s1. The molecule has 1 aromatic carbocycles. The molecule has 1 aromatic heterocycles. The molecule has 2 heterocycles. The number of aromatic amines is 1. The number of anilines is 1. The monoisotopic (exact) mass is 389 g/mol. The van der Waals surface area contributed by atoms with Crippen LogP contribution in [0.3, 0.4) is 0 Å². The first-order valence-corrected chi connectivity index (χ1v) is 9.66. The highest BCUT2D eigenvalue weighted by Gasteiger charge is 2.36. The van der Waals surface area contributed by atoms with Gasteiger partial charge in [0.25, 0.3) is 5.56 Å². The summed E-state index contributed by atoms with van der Waals surface area (Å²) in [6, 6.07) is 5.86. The predicted molar refractivity (Wildman–Crippen MR) is 102 cm³/mol. The SMILES string of the molecule is CSc1nc2c(c(=O)[nH]1)[C@H](c1cccc(F)c1)C(C(=O)OC(C)C)=C(C)N2. The van der Waals surface area contributed by atoms with E-state index < -0.39 is 17.7 Å². The van der Waals surface area contributed by atoms with Crippen molar-refractivity contribution < 1.29 is 13.9 Å². The number of allylic oxidation sites excluding steroid dienone is 1. The average molecular weight is 389 g/mol. The Kier molecular flexibility index (Phi) is 5.36. The number of aromatic nitrogens is 2. The number of benzene rings is 1. The van der Waals surface area contributed by atoms with Gasteiger partial charge in [0.05, 0.1) is 23.2 Å². The number of ether oxygens (including phenoxy) is 1. The second-order valence-corrected chi connectivity index (χ2v) is 7.24. The Morgan fingerprint density at radius 3 is 2.74 bits per heavy atom. The lowest BCUT2D eigenvalue weighted by Gasteiger charge is -2.29. The van der Waals surface area contributed by atoms with Crippen LogP contribution in [0, 0.1) is 5.82 Å². The predicted octanol–water partition coefficient (Wildman–Crippen LogP) is 3.41. The van der Waals surface area contributed by atoms with E-state index in [2.05, 4.69) is 15.3 Å². The van der Waals surface area contributed by atoms with E-state index in [9.17, 15) is 14.0 Å². The van der Waals surface area contributed by atoms with Gasteiger partial charge in [0, 0.05) is 5.70 Å². The maximum atomic E-state index is 13.9. The minimum absolute atomic E-state index is 0.264. The minimum atomic E-state index is -0.782. The number of esters is 1. The molecule has 2 aromatic rings. The average Bonchev–Trinajstić information content (AvgIpc) is 2.59. The maximum absolute atomic E-state index is 13.9. The van der Waals surface area contributed by atoms with Gasteiger partial charge in [-0.25, -0.2) is 14.2 Å². The first-order valence-electron chi connectivity index (χ1n) is 8.44. The Hall–Kier alpha value is -2.61. The highest BCUT2D eigenvalue weighted by molar-refractivity contribution is 7.98. The summed E-state index contributed by atoms with van der Waals surface area (Å²) in [5.41, 5.74) is 1.16. The molecule has 0 spiro atoms.